The van der Waals surface area contributed by atoms with Gasteiger partial charge in [-0.25, -0.2) is 0 Å². The molecule has 0 fully saturated rings. The van der Waals surface area contributed by atoms with E-state index in [1.807, 2.05) is 30.3 Å². The third-order valence-corrected chi connectivity index (χ3v) is 5.78. The van der Waals surface area contributed by atoms with Crippen molar-refractivity contribution in [1.82, 2.24) is 14.2 Å². The van der Waals surface area contributed by atoms with Crippen molar-refractivity contribution in [1.29, 1.82) is 0 Å². The summed E-state index contributed by atoms with van der Waals surface area (Å²) in [6.07, 6.45) is 1.47. The zero-order valence-corrected chi connectivity index (χ0v) is 16.1. The van der Waals surface area contributed by atoms with Crippen LogP contribution in [0.5, 0.6) is 0 Å². The van der Waals surface area contributed by atoms with Crippen LogP contribution >= 0.6 is 11.6 Å². The molecule has 0 spiro atoms. The minimum absolute atomic E-state index is 0.0514. The lowest BCUT2D eigenvalue weighted by atomic mass is 10.2. The summed E-state index contributed by atoms with van der Waals surface area (Å²) in [5.74, 6) is 0.621. The maximum absolute atomic E-state index is 13.1. The number of halogens is 1. The number of benzene rings is 2. The summed E-state index contributed by atoms with van der Waals surface area (Å²) in [7, 11) is -3.98. The molecule has 0 aliphatic rings. The van der Waals surface area contributed by atoms with Gasteiger partial charge < -0.3 is 9.73 Å². The van der Waals surface area contributed by atoms with Gasteiger partial charge in [0.1, 0.15) is 0 Å². The minimum Gasteiger partial charge on any atom is -0.461 e. The molecule has 2 aromatic heterocycles. The van der Waals surface area contributed by atoms with Gasteiger partial charge in [0.15, 0.2) is 5.76 Å². The number of aromatic nitrogens is 3. The predicted molar refractivity (Wildman–Crippen MR) is 106 cm³/mol. The van der Waals surface area contributed by atoms with Gasteiger partial charge in [-0.1, -0.05) is 41.9 Å². The van der Waals surface area contributed by atoms with Gasteiger partial charge in [-0.2, -0.15) is 13.4 Å². The Morgan fingerprint density at radius 1 is 1.00 bits per heavy atom. The summed E-state index contributed by atoms with van der Waals surface area (Å²) in [6, 6.07) is 18.8. The maximum Gasteiger partial charge on any atom is 0.286 e. The van der Waals surface area contributed by atoms with Crippen LogP contribution in [0.3, 0.4) is 0 Å². The van der Waals surface area contributed by atoms with Crippen LogP contribution in [0.15, 0.2) is 82.3 Å². The second-order valence-corrected chi connectivity index (χ2v) is 8.08. The van der Waals surface area contributed by atoms with Gasteiger partial charge in [-0.05, 0) is 42.0 Å². The molecule has 0 atom stereocenters. The largest absolute Gasteiger partial charge is 0.461 e. The third-order valence-electron chi connectivity index (χ3n) is 3.95. The number of furan rings is 1. The van der Waals surface area contributed by atoms with Crippen LogP contribution in [0.1, 0.15) is 5.56 Å². The molecule has 0 bridgehead atoms. The highest BCUT2D eigenvalue weighted by Crippen LogP contribution is 2.24. The zero-order valence-electron chi connectivity index (χ0n) is 14.5. The lowest BCUT2D eigenvalue weighted by Gasteiger charge is -2.09. The summed E-state index contributed by atoms with van der Waals surface area (Å²) in [6.45, 7) is 0.382. The Kier molecular flexibility index (Phi) is 4.89. The Morgan fingerprint density at radius 2 is 1.75 bits per heavy atom. The highest BCUT2D eigenvalue weighted by molar-refractivity contribution is 7.90. The second-order valence-electron chi connectivity index (χ2n) is 5.88. The van der Waals surface area contributed by atoms with E-state index in [1.54, 1.807) is 12.1 Å². The SMILES string of the molecule is O=S(=O)(c1ccc(Cl)cc1)n1nc(-c2ccco2)nc1NCc1ccccc1. The fraction of sp³-hybridized carbons (Fsp3) is 0.0526. The Labute approximate surface area is 166 Å². The molecule has 2 aromatic carbocycles. The number of rotatable bonds is 6. The standard InChI is InChI=1S/C19H15ClN4O3S/c20-15-8-10-16(11-9-15)28(25,26)24-19(21-13-14-5-2-1-3-6-14)22-18(23-24)17-7-4-12-27-17/h1-12H,13H2,(H,21,22,23). The molecule has 28 heavy (non-hydrogen) atoms. The van der Waals surface area contributed by atoms with Crippen molar-refractivity contribution in [3.05, 3.63) is 83.6 Å². The summed E-state index contributed by atoms with van der Waals surface area (Å²) in [5, 5.41) is 7.65. The van der Waals surface area contributed by atoms with Crippen LogP contribution < -0.4 is 5.32 Å². The molecule has 0 aliphatic carbocycles. The molecular weight excluding hydrogens is 400 g/mol. The summed E-state index contributed by atoms with van der Waals surface area (Å²) >= 11 is 5.87. The number of hydrogen-bond acceptors (Lipinski definition) is 6. The molecule has 0 unspecified atom stereocenters. The Balaban J connectivity index is 1.74. The first-order valence-corrected chi connectivity index (χ1v) is 10.2. The second kappa shape index (κ2) is 7.49. The molecule has 0 aliphatic heterocycles. The molecule has 1 N–H and O–H groups in total. The number of anilines is 1. The molecule has 0 saturated carbocycles. The van der Waals surface area contributed by atoms with Gasteiger partial charge in [-0.3, -0.25) is 0 Å². The average Bonchev–Trinajstić information content (AvgIpc) is 3.37. The third kappa shape index (κ3) is 3.64. The van der Waals surface area contributed by atoms with E-state index in [-0.39, 0.29) is 16.7 Å². The van der Waals surface area contributed by atoms with Gasteiger partial charge in [-0.15, -0.1) is 9.19 Å². The molecule has 4 aromatic rings. The van der Waals surface area contributed by atoms with Crippen molar-refractivity contribution < 1.29 is 12.8 Å². The fourth-order valence-electron chi connectivity index (χ4n) is 2.57. The van der Waals surface area contributed by atoms with Gasteiger partial charge >= 0.3 is 0 Å². The van der Waals surface area contributed by atoms with E-state index in [9.17, 15) is 8.42 Å². The minimum atomic E-state index is -3.98. The molecule has 2 heterocycles. The van der Waals surface area contributed by atoms with Crippen molar-refractivity contribution in [3.63, 3.8) is 0 Å². The van der Waals surface area contributed by atoms with Crippen molar-refractivity contribution in [2.45, 2.75) is 11.4 Å². The predicted octanol–water partition coefficient (Wildman–Crippen LogP) is 4.04. The first kappa shape index (κ1) is 18.3. The van der Waals surface area contributed by atoms with E-state index < -0.39 is 10.0 Å². The van der Waals surface area contributed by atoms with E-state index in [2.05, 4.69) is 15.4 Å². The van der Waals surface area contributed by atoms with Crippen LogP contribution in [0.25, 0.3) is 11.6 Å². The molecule has 0 saturated heterocycles. The normalized spacial score (nSPS) is 11.5. The summed E-state index contributed by atoms with van der Waals surface area (Å²) in [5.41, 5.74) is 0.973. The molecule has 0 amide bonds. The van der Waals surface area contributed by atoms with E-state index in [0.717, 1.165) is 9.65 Å². The molecular formula is C19H15ClN4O3S. The number of nitrogens with zero attached hydrogens (tertiary/aromatic N) is 3. The van der Waals surface area contributed by atoms with Gasteiger partial charge in [0, 0.05) is 11.6 Å². The summed E-state index contributed by atoms with van der Waals surface area (Å²) in [4.78, 5) is 4.37. The first-order valence-electron chi connectivity index (χ1n) is 8.34. The summed E-state index contributed by atoms with van der Waals surface area (Å²) < 4.78 is 32.4. The highest BCUT2D eigenvalue weighted by atomic mass is 35.5. The van der Waals surface area contributed by atoms with Gasteiger partial charge in [0.2, 0.25) is 11.8 Å². The lowest BCUT2D eigenvalue weighted by molar-refractivity contribution is 0.573. The van der Waals surface area contributed by atoms with Gasteiger partial charge in [0.05, 0.1) is 11.2 Å². The average molecular weight is 415 g/mol. The molecule has 4 rings (SSSR count). The Morgan fingerprint density at radius 3 is 2.43 bits per heavy atom. The van der Waals surface area contributed by atoms with E-state index in [0.29, 0.717) is 17.3 Å². The van der Waals surface area contributed by atoms with Crippen molar-refractivity contribution >= 4 is 27.6 Å². The van der Waals surface area contributed by atoms with Crippen LogP contribution in [-0.4, -0.2) is 22.6 Å². The van der Waals surface area contributed by atoms with Crippen molar-refractivity contribution in [3.8, 4) is 11.6 Å². The van der Waals surface area contributed by atoms with Crippen LogP contribution in [-0.2, 0) is 16.6 Å². The Hall–Kier alpha value is -3.10. The molecule has 9 heteroatoms. The van der Waals surface area contributed by atoms with Gasteiger partial charge in [0.25, 0.3) is 10.0 Å². The van der Waals surface area contributed by atoms with Crippen LogP contribution in [0.2, 0.25) is 5.02 Å². The first-order chi connectivity index (χ1) is 13.5. The quantitative estimate of drug-likeness (QED) is 0.512. The van der Waals surface area contributed by atoms with E-state index >= 15 is 0 Å². The fourth-order valence-corrected chi connectivity index (χ4v) is 3.89. The number of hydrogen-bond donors (Lipinski definition) is 1. The van der Waals surface area contributed by atoms with E-state index in [4.69, 9.17) is 16.0 Å². The monoisotopic (exact) mass is 414 g/mol. The molecule has 142 valence electrons. The number of nitrogens with one attached hydrogen (secondary N) is 1. The topological polar surface area (TPSA) is 90.0 Å². The lowest BCUT2D eigenvalue weighted by Crippen LogP contribution is -2.18. The highest BCUT2D eigenvalue weighted by Gasteiger charge is 2.25. The smallest absolute Gasteiger partial charge is 0.286 e. The molecule has 7 nitrogen and oxygen atoms in total. The van der Waals surface area contributed by atoms with Crippen LogP contribution in [0.4, 0.5) is 5.95 Å². The van der Waals surface area contributed by atoms with Crippen molar-refractivity contribution in [2.24, 2.45) is 0 Å². The van der Waals surface area contributed by atoms with E-state index in [1.165, 1.54) is 30.5 Å². The van der Waals surface area contributed by atoms with Crippen LogP contribution in [0, 0.1) is 0 Å². The van der Waals surface area contributed by atoms with Crippen molar-refractivity contribution in [2.75, 3.05) is 5.32 Å². The molecule has 0 radical (unpaired) electrons. The Bertz CT molecular complexity index is 1170. The zero-order chi connectivity index (χ0) is 19.6. The maximum atomic E-state index is 13.1.